The maximum atomic E-state index is 16.5. The predicted octanol–water partition coefficient (Wildman–Crippen LogP) is 4.83. The van der Waals surface area contributed by atoms with Crippen molar-refractivity contribution in [2.24, 2.45) is 0 Å². The van der Waals surface area contributed by atoms with E-state index in [1.165, 1.54) is 18.6 Å². The average Bonchev–Trinajstić information content (AvgIpc) is 3.50. The molecule has 6 heterocycles. The highest BCUT2D eigenvalue weighted by molar-refractivity contribution is 7.22. The Hall–Kier alpha value is -2.86. The molecule has 3 atom stereocenters. The van der Waals surface area contributed by atoms with E-state index in [-0.39, 0.29) is 37.5 Å². The molecule has 0 radical (unpaired) electrons. The molecule has 4 saturated heterocycles. The number of halogens is 3. The van der Waals surface area contributed by atoms with Crippen LogP contribution in [0.1, 0.15) is 25.7 Å². The van der Waals surface area contributed by atoms with E-state index in [4.69, 9.17) is 27.1 Å². The molecule has 4 aromatic rings. The number of ether oxygens (including phenoxy) is 1. The summed E-state index contributed by atoms with van der Waals surface area (Å²) in [7, 11) is 2.13. The van der Waals surface area contributed by atoms with Crippen LogP contribution in [0.25, 0.3) is 32.2 Å². The van der Waals surface area contributed by atoms with Crippen molar-refractivity contribution in [1.29, 1.82) is 0 Å². The van der Waals surface area contributed by atoms with E-state index in [0.29, 0.717) is 41.5 Å². The number of hydrogen-bond acceptors (Lipinski definition) is 9. The van der Waals surface area contributed by atoms with Gasteiger partial charge in [0.05, 0.1) is 21.8 Å². The lowest BCUT2D eigenvalue weighted by Crippen LogP contribution is -2.67. The number of piperidine rings is 1. The Morgan fingerprint density at radius 3 is 2.72 bits per heavy atom. The number of nitrogen functional groups attached to an aromatic ring is 1. The van der Waals surface area contributed by atoms with Crippen LogP contribution in [0.3, 0.4) is 0 Å². The fourth-order valence-corrected chi connectivity index (χ4v) is 7.28. The first kappa shape index (κ1) is 25.1. The quantitative estimate of drug-likeness (QED) is 0.340. The number of nitrogens with one attached hydrogen (secondary N) is 1. The zero-order valence-corrected chi connectivity index (χ0v) is 23.0. The maximum Gasteiger partial charge on any atom is 0.319 e. The van der Waals surface area contributed by atoms with Crippen molar-refractivity contribution in [3.8, 4) is 17.1 Å². The number of likely N-dealkylation sites (tertiary alicyclic amines) is 1. The second-order valence-electron chi connectivity index (χ2n) is 10.7. The van der Waals surface area contributed by atoms with Crippen LogP contribution < -0.4 is 20.7 Å². The van der Waals surface area contributed by atoms with Crippen molar-refractivity contribution in [1.82, 2.24) is 25.2 Å². The normalized spacial score (nSPS) is 23.1. The van der Waals surface area contributed by atoms with E-state index < -0.39 is 11.6 Å². The summed E-state index contributed by atoms with van der Waals surface area (Å²) >= 11 is 7.75. The van der Waals surface area contributed by atoms with Gasteiger partial charge in [0.25, 0.3) is 0 Å². The number of hydrogen-bond donors (Lipinski definition) is 2. The van der Waals surface area contributed by atoms with Gasteiger partial charge in [0.15, 0.2) is 10.9 Å². The third-order valence-electron chi connectivity index (χ3n) is 8.20. The van der Waals surface area contributed by atoms with Gasteiger partial charge in [0, 0.05) is 47.7 Å². The van der Waals surface area contributed by atoms with Gasteiger partial charge in [-0.3, -0.25) is 0 Å². The van der Waals surface area contributed by atoms with Crippen molar-refractivity contribution in [2.45, 2.75) is 43.8 Å². The summed E-state index contributed by atoms with van der Waals surface area (Å²) < 4.78 is 37.3. The Balaban J connectivity index is 1.33. The molecule has 4 fully saturated rings. The fraction of sp³-hybridized carbons (Fsp3) is 0.444. The molecule has 0 aliphatic carbocycles. The summed E-state index contributed by atoms with van der Waals surface area (Å²) in [5.74, 6) is -0.481. The molecule has 8 nitrogen and oxygen atoms in total. The molecule has 2 bridgehead atoms. The second kappa shape index (κ2) is 9.65. The molecular weight excluding hydrogens is 544 g/mol. The van der Waals surface area contributed by atoms with Crippen LogP contribution >= 0.6 is 22.9 Å². The highest BCUT2D eigenvalue weighted by Crippen LogP contribution is 2.43. The molecule has 2 unspecified atom stereocenters. The maximum absolute atomic E-state index is 16.5. The van der Waals surface area contributed by atoms with Crippen molar-refractivity contribution in [3.63, 3.8) is 0 Å². The number of thiazole rings is 1. The molecule has 0 spiro atoms. The molecule has 3 N–H and O–H groups in total. The predicted molar refractivity (Wildman–Crippen MR) is 151 cm³/mol. The summed E-state index contributed by atoms with van der Waals surface area (Å²) in [6, 6.07) is 5.80. The number of nitrogens with two attached hydrogens (primary N) is 1. The van der Waals surface area contributed by atoms with E-state index in [0.717, 1.165) is 50.2 Å². The summed E-state index contributed by atoms with van der Waals surface area (Å²) in [6.07, 6.45) is 4.28. The third kappa shape index (κ3) is 4.35. The summed E-state index contributed by atoms with van der Waals surface area (Å²) in [4.78, 5) is 18.1. The van der Waals surface area contributed by atoms with Crippen LogP contribution in [-0.4, -0.2) is 71.3 Å². The van der Waals surface area contributed by atoms with Crippen LogP contribution in [-0.2, 0) is 0 Å². The smallest absolute Gasteiger partial charge is 0.319 e. The number of rotatable bonds is 6. The number of fused-ring (bicyclic) bond motifs is 4. The molecule has 2 aromatic carbocycles. The van der Waals surface area contributed by atoms with Gasteiger partial charge in [-0.05, 0) is 57.5 Å². The van der Waals surface area contributed by atoms with Crippen LogP contribution in [0, 0.1) is 11.6 Å². The number of anilines is 2. The van der Waals surface area contributed by atoms with Gasteiger partial charge >= 0.3 is 6.01 Å². The Morgan fingerprint density at radius 2 is 1.97 bits per heavy atom. The average molecular weight is 572 g/mol. The van der Waals surface area contributed by atoms with Crippen molar-refractivity contribution < 1.29 is 13.5 Å². The molecule has 39 heavy (non-hydrogen) atoms. The van der Waals surface area contributed by atoms with Gasteiger partial charge in [-0.1, -0.05) is 22.9 Å². The van der Waals surface area contributed by atoms with E-state index in [1.54, 1.807) is 6.07 Å². The highest BCUT2D eigenvalue weighted by atomic mass is 35.5. The molecular formula is C27H28ClF2N7OS. The Morgan fingerprint density at radius 1 is 1.18 bits per heavy atom. The van der Waals surface area contributed by atoms with E-state index in [2.05, 4.69) is 32.1 Å². The van der Waals surface area contributed by atoms with Gasteiger partial charge < -0.3 is 25.6 Å². The number of nitrogens with zero attached hydrogens (tertiary/aromatic N) is 5. The topological polar surface area (TPSA) is 92.4 Å². The monoisotopic (exact) mass is 571 g/mol. The van der Waals surface area contributed by atoms with Crippen LogP contribution in [0.4, 0.5) is 19.7 Å². The van der Waals surface area contributed by atoms with Gasteiger partial charge in [-0.15, -0.1) is 0 Å². The standard InChI is InChI=1S/C27H28ClF2N7OS/c1-36-7-2-3-15(36)6-8-38-27-34-22-17(25(35-27)37-11-13-9-14(12-37)32-13)10-18(28)20(21(22)30)16-4-5-19(29)24-23(16)33-26(31)39-24/h4-5,10,13-15,32H,2-3,6-9,11-12H2,1H3,(H2,31,33)/t13?,14?,15-/m0/s1. The first-order valence-electron chi connectivity index (χ1n) is 13.2. The Bertz CT molecular complexity index is 1580. The Kier molecular flexibility index (Phi) is 6.22. The van der Waals surface area contributed by atoms with Gasteiger partial charge in [-0.25, -0.2) is 13.8 Å². The minimum Gasteiger partial charge on any atom is -0.463 e. The lowest BCUT2D eigenvalue weighted by molar-refractivity contribution is 0.219. The van der Waals surface area contributed by atoms with Crippen LogP contribution in [0.15, 0.2) is 18.2 Å². The fourth-order valence-electron chi connectivity index (χ4n) is 6.22. The molecule has 12 heteroatoms. The van der Waals surface area contributed by atoms with Gasteiger partial charge in [0.1, 0.15) is 17.2 Å². The summed E-state index contributed by atoms with van der Waals surface area (Å²) in [5, 5.41) is 4.40. The molecule has 8 rings (SSSR count). The van der Waals surface area contributed by atoms with Crippen molar-refractivity contribution >= 4 is 55.0 Å². The molecule has 4 aliphatic rings. The van der Waals surface area contributed by atoms with Gasteiger partial charge in [-0.2, -0.15) is 9.97 Å². The first-order valence-corrected chi connectivity index (χ1v) is 14.4. The van der Waals surface area contributed by atoms with Gasteiger partial charge in [0.2, 0.25) is 0 Å². The molecule has 0 saturated carbocycles. The zero-order valence-electron chi connectivity index (χ0n) is 21.4. The number of piperazine rings is 1. The zero-order chi connectivity index (χ0) is 26.8. The second-order valence-corrected chi connectivity index (χ2v) is 12.2. The molecule has 0 amide bonds. The lowest BCUT2D eigenvalue weighted by Gasteiger charge is -2.48. The third-order valence-corrected chi connectivity index (χ3v) is 9.39. The number of aromatic nitrogens is 3. The van der Waals surface area contributed by atoms with Crippen molar-refractivity contribution in [3.05, 3.63) is 34.9 Å². The van der Waals surface area contributed by atoms with E-state index >= 15 is 4.39 Å². The highest BCUT2D eigenvalue weighted by Gasteiger charge is 2.38. The van der Waals surface area contributed by atoms with E-state index in [9.17, 15) is 4.39 Å². The largest absolute Gasteiger partial charge is 0.463 e. The molecule has 2 aromatic heterocycles. The van der Waals surface area contributed by atoms with Crippen molar-refractivity contribution in [2.75, 3.05) is 43.9 Å². The Labute approximate surface area is 233 Å². The van der Waals surface area contributed by atoms with Crippen LogP contribution in [0.2, 0.25) is 5.02 Å². The van der Waals surface area contributed by atoms with Crippen LogP contribution in [0.5, 0.6) is 6.01 Å². The molecule has 204 valence electrons. The minimum atomic E-state index is -0.624. The first-order chi connectivity index (χ1) is 18.9. The minimum absolute atomic E-state index is 0.103. The summed E-state index contributed by atoms with van der Waals surface area (Å²) in [6.45, 7) is 3.04. The lowest BCUT2D eigenvalue weighted by atomic mass is 9.91. The van der Waals surface area contributed by atoms with E-state index in [1.807, 2.05) is 0 Å². The SMILES string of the molecule is CN1CCC[C@H]1CCOc1nc(N2CC3CC(C2)N3)c2cc(Cl)c(-c3ccc(F)c4sc(N)nc34)c(F)c2n1. The number of benzene rings is 2. The molecule has 4 aliphatic heterocycles. The summed E-state index contributed by atoms with van der Waals surface area (Å²) in [5.41, 5.74) is 6.72.